The Morgan fingerprint density at radius 1 is 1.46 bits per heavy atom. The Bertz CT molecular complexity index is 315. The Hall–Kier alpha value is -1.26. The van der Waals surface area contributed by atoms with Crippen LogP contribution in [0.3, 0.4) is 0 Å². The van der Waals surface area contributed by atoms with Gasteiger partial charge in [-0.15, -0.1) is 0 Å². The van der Waals surface area contributed by atoms with Gasteiger partial charge >= 0.3 is 0 Å². The molecule has 0 aromatic carbocycles. The lowest BCUT2D eigenvalue weighted by Crippen LogP contribution is -2.00. The van der Waals surface area contributed by atoms with Crippen LogP contribution in [-0.2, 0) is 0 Å². The van der Waals surface area contributed by atoms with Crippen LogP contribution in [0.15, 0.2) is 6.07 Å². The molecular formula is C8H8F3NO. The molecule has 0 N–H and O–H groups in total. The standard InChI is InChI=1S/C8H8F3NO/c1-4-5(13-2)3-6(9)12-7(4)8(10)11/h3,8H,1-2H3. The van der Waals surface area contributed by atoms with Crippen molar-refractivity contribution in [1.29, 1.82) is 0 Å². The SMILES string of the molecule is COc1cc(F)nc(C(F)F)c1C. The van der Waals surface area contributed by atoms with Crippen LogP contribution < -0.4 is 4.74 Å². The van der Waals surface area contributed by atoms with Gasteiger partial charge in [-0.3, -0.25) is 0 Å². The molecular weight excluding hydrogens is 183 g/mol. The smallest absolute Gasteiger partial charge is 0.280 e. The second-order valence-electron chi connectivity index (χ2n) is 2.46. The summed E-state index contributed by atoms with van der Waals surface area (Å²) in [6, 6.07) is 0.973. The number of pyridine rings is 1. The van der Waals surface area contributed by atoms with Gasteiger partial charge in [0.25, 0.3) is 6.43 Å². The summed E-state index contributed by atoms with van der Waals surface area (Å²) < 4.78 is 41.8. The van der Waals surface area contributed by atoms with Crippen molar-refractivity contribution < 1.29 is 17.9 Å². The van der Waals surface area contributed by atoms with E-state index in [9.17, 15) is 13.2 Å². The van der Waals surface area contributed by atoms with E-state index >= 15 is 0 Å². The number of rotatable bonds is 2. The van der Waals surface area contributed by atoms with Crippen molar-refractivity contribution in [2.24, 2.45) is 0 Å². The summed E-state index contributed by atoms with van der Waals surface area (Å²) in [4.78, 5) is 3.08. The van der Waals surface area contributed by atoms with Crippen LogP contribution in [0.2, 0.25) is 0 Å². The first-order valence-electron chi connectivity index (χ1n) is 3.55. The van der Waals surface area contributed by atoms with Crippen molar-refractivity contribution in [2.45, 2.75) is 13.3 Å². The normalized spacial score (nSPS) is 10.6. The summed E-state index contributed by atoms with van der Waals surface area (Å²) in [6.07, 6.45) is -2.79. The highest BCUT2D eigenvalue weighted by atomic mass is 19.3. The Morgan fingerprint density at radius 3 is 2.54 bits per heavy atom. The van der Waals surface area contributed by atoms with E-state index in [1.807, 2.05) is 0 Å². The van der Waals surface area contributed by atoms with Gasteiger partial charge in [0.1, 0.15) is 11.4 Å². The highest BCUT2D eigenvalue weighted by molar-refractivity contribution is 5.35. The Kier molecular flexibility index (Phi) is 2.75. The lowest BCUT2D eigenvalue weighted by atomic mass is 10.2. The van der Waals surface area contributed by atoms with E-state index in [-0.39, 0.29) is 11.3 Å². The Morgan fingerprint density at radius 2 is 2.08 bits per heavy atom. The van der Waals surface area contributed by atoms with Gasteiger partial charge in [0.05, 0.1) is 7.11 Å². The summed E-state index contributed by atoms with van der Waals surface area (Å²) in [6.45, 7) is 1.41. The van der Waals surface area contributed by atoms with Crippen molar-refractivity contribution >= 4 is 0 Å². The number of alkyl halides is 2. The molecule has 5 heteroatoms. The van der Waals surface area contributed by atoms with E-state index < -0.39 is 18.1 Å². The van der Waals surface area contributed by atoms with Gasteiger partial charge in [0, 0.05) is 11.6 Å². The fourth-order valence-electron chi connectivity index (χ4n) is 0.998. The molecule has 0 amide bonds. The Balaban J connectivity index is 3.27. The molecule has 0 spiro atoms. The van der Waals surface area contributed by atoms with Crippen molar-refractivity contribution in [3.63, 3.8) is 0 Å². The molecule has 0 aliphatic heterocycles. The number of halogens is 3. The van der Waals surface area contributed by atoms with Crippen LogP contribution in [0.4, 0.5) is 13.2 Å². The van der Waals surface area contributed by atoms with Crippen LogP contribution >= 0.6 is 0 Å². The largest absolute Gasteiger partial charge is 0.496 e. The molecule has 0 atom stereocenters. The molecule has 0 aliphatic carbocycles. The maximum atomic E-state index is 12.6. The zero-order valence-electron chi connectivity index (χ0n) is 7.14. The summed E-state index contributed by atoms with van der Waals surface area (Å²) in [5, 5.41) is 0. The Labute approximate surface area is 73.4 Å². The van der Waals surface area contributed by atoms with Gasteiger partial charge in [0.2, 0.25) is 5.95 Å². The maximum Gasteiger partial charge on any atom is 0.280 e. The van der Waals surface area contributed by atoms with Gasteiger partial charge in [-0.05, 0) is 6.92 Å². The van der Waals surface area contributed by atoms with Crippen molar-refractivity contribution in [3.8, 4) is 5.75 Å². The second-order valence-corrected chi connectivity index (χ2v) is 2.46. The molecule has 2 nitrogen and oxygen atoms in total. The third-order valence-corrected chi connectivity index (χ3v) is 1.66. The predicted octanol–water partition coefficient (Wildman–Crippen LogP) is 2.48. The first-order chi connectivity index (χ1) is 6.06. The van der Waals surface area contributed by atoms with E-state index in [2.05, 4.69) is 4.98 Å². The van der Waals surface area contributed by atoms with Crippen LogP contribution in [0.5, 0.6) is 5.75 Å². The topological polar surface area (TPSA) is 22.1 Å². The van der Waals surface area contributed by atoms with Crippen LogP contribution in [0, 0.1) is 12.9 Å². The van der Waals surface area contributed by atoms with Crippen molar-refractivity contribution in [1.82, 2.24) is 4.98 Å². The number of ether oxygens (including phenoxy) is 1. The van der Waals surface area contributed by atoms with Gasteiger partial charge in [-0.2, -0.15) is 4.39 Å². The highest BCUT2D eigenvalue weighted by Gasteiger charge is 2.17. The molecule has 13 heavy (non-hydrogen) atoms. The molecule has 1 heterocycles. The van der Waals surface area contributed by atoms with Crippen molar-refractivity contribution in [2.75, 3.05) is 7.11 Å². The zero-order chi connectivity index (χ0) is 10.0. The predicted molar refractivity (Wildman–Crippen MR) is 40.4 cm³/mol. The second kappa shape index (κ2) is 3.64. The number of aromatic nitrogens is 1. The molecule has 1 aromatic rings. The van der Waals surface area contributed by atoms with Crippen LogP contribution in [0.25, 0.3) is 0 Å². The van der Waals surface area contributed by atoms with Gasteiger partial charge in [-0.1, -0.05) is 0 Å². The van der Waals surface area contributed by atoms with E-state index in [4.69, 9.17) is 4.74 Å². The molecule has 0 saturated carbocycles. The first kappa shape index (κ1) is 9.83. The fourth-order valence-corrected chi connectivity index (χ4v) is 0.998. The molecule has 1 aromatic heterocycles. The van der Waals surface area contributed by atoms with Crippen LogP contribution in [-0.4, -0.2) is 12.1 Å². The minimum Gasteiger partial charge on any atom is -0.496 e. The number of methoxy groups -OCH3 is 1. The third kappa shape index (κ3) is 1.91. The van der Waals surface area contributed by atoms with Crippen molar-refractivity contribution in [3.05, 3.63) is 23.3 Å². The van der Waals surface area contributed by atoms with Gasteiger partial charge in [-0.25, -0.2) is 13.8 Å². The average molecular weight is 191 g/mol. The number of hydrogen-bond acceptors (Lipinski definition) is 2. The summed E-state index contributed by atoms with van der Waals surface area (Å²) >= 11 is 0. The number of hydrogen-bond donors (Lipinski definition) is 0. The molecule has 1 rings (SSSR count). The van der Waals surface area contributed by atoms with Gasteiger partial charge in [0.15, 0.2) is 0 Å². The number of nitrogens with zero attached hydrogens (tertiary/aromatic N) is 1. The van der Waals surface area contributed by atoms with E-state index in [1.165, 1.54) is 14.0 Å². The highest BCUT2D eigenvalue weighted by Crippen LogP contribution is 2.27. The van der Waals surface area contributed by atoms with Crippen LogP contribution in [0.1, 0.15) is 17.7 Å². The molecule has 0 aliphatic rings. The molecule has 0 fully saturated rings. The quantitative estimate of drug-likeness (QED) is 0.670. The minimum atomic E-state index is -2.79. The summed E-state index contributed by atoms with van der Waals surface area (Å²) in [5.74, 6) is -0.874. The molecule has 0 bridgehead atoms. The first-order valence-corrected chi connectivity index (χ1v) is 3.55. The summed E-state index contributed by atoms with van der Waals surface area (Å²) in [5.41, 5.74) is -0.407. The minimum absolute atomic E-state index is 0.0859. The van der Waals surface area contributed by atoms with E-state index in [0.29, 0.717) is 0 Å². The third-order valence-electron chi connectivity index (χ3n) is 1.66. The molecule has 0 saturated heterocycles. The maximum absolute atomic E-state index is 12.6. The molecule has 0 unspecified atom stereocenters. The monoisotopic (exact) mass is 191 g/mol. The molecule has 72 valence electrons. The van der Waals surface area contributed by atoms with Gasteiger partial charge < -0.3 is 4.74 Å². The summed E-state index contributed by atoms with van der Waals surface area (Å²) in [7, 11) is 1.29. The zero-order valence-corrected chi connectivity index (χ0v) is 7.14. The van der Waals surface area contributed by atoms with E-state index in [1.54, 1.807) is 0 Å². The lowest BCUT2D eigenvalue weighted by molar-refractivity contribution is 0.143. The fraction of sp³-hybridized carbons (Fsp3) is 0.375. The van der Waals surface area contributed by atoms with E-state index in [0.717, 1.165) is 6.07 Å². The average Bonchev–Trinajstić information content (AvgIpc) is 2.08. The lowest BCUT2D eigenvalue weighted by Gasteiger charge is -2.08. The molecule has 0 radical (unpaired) electrons.